The van der Waals surface area contributed by atoms with Crippen LogP contribution in [0.15, 0.2) is 43.6 Å². The van der Waals surface area contributed by atoms with Crippen LogP contribution in [0.5, 0.6) is 0 Å². The second-order valence-electron chi connectivity index (χ2n) is 2.83. The molecule has 0 bridgehead atoms. The van der Waals surface area contributed by atoms with Crippen LogP contribution >= 0.6 is 0 Å². The molecule has 1 aromatic carbocycles. The van der Waals surface area contributed by atoms with Crippen LogP contribution in [0, 0.1) is 0 Å². The first-order valence-electron chi connectivity index (χ1n) is 4.32. The van der Waals surface area contributed by atoms with Gasteiger partial charge in [-0.15, -0.1) is 13.2 Å². The molecule has 2 aromatic rings. The molecule has 72 valence electrons. The zero-order valence-electron chi connectivity index (χ0n) is 8.23. The maximum absolute atomic E-state index is 10.6. The minimum atomic E-state index is 0.758. The van der Waals surface area contributed by atoms with E-state index in [1.54, 1.807) is 0 Å². The van der Waals surface area contributed by atoms with Crippen LogP contribution in [0.1, 0.15) is 10.4 Å². The van der Waals surface area contributed by atoms with Gasteiger partial charge in [0.2, 0.25) is 0 Å². The molecule has 2 heteroatoms. The quantitative estimate of drug-likeness (QED) is 0.497. The Bertz CT molecular complexity index is 443. The van der Waals surface area contributed by atoms with Crippen molar-refractivity contribution in [1.29, 1.82) is 0 Å². The van der Waals surface area contributed by atoms with E-state index < -0.39 is 0 Å². The van der Waals surface area contributed by atoms with Crippen molar-refractivity contribution in [2.75, 3.05) is 0 Å². The molecule has 0 amide bonds. The second-order valence-corrected chi connectivity index (χ2v) is 2.83. The Labute approximate surface area is 83.5 Å². The van der Waals surface area contributed by atoms with E-state index in [0.29, 0.717) is 0 Å². The van der Waals surface area contributed by atoms with Crippen LogP contribution in [0.4, 0.5) is 0 Å². The zero-order valence-corrected chi connectivity index (χ0v) is 8.23. The summed E-state index contributed by atoms with van der Waals surface area (Å²) < 4.78 is 1.96. The smallest absolute Gasteiger partial charge is 0.152 e. The standard InChI is InChI=1S/C10H9NO.C2H4/c1-11-6-8(7-12)9-4-2-3-5-10(9)11;1-2/h2-7H,1H3;1-2H2. The highest BCUT2D eigenvalue weighted by Crippen LogP contribution is 2.17. The minimum absolute atomic E-state index is 0.758. The first-order valence-corrected chi connectivity index (χ1v) is 4.32. The Morgan fingerprint density at radius 1 is 1.29 bits per heavy atom. The summed E-state index contributed by atoms with van der Waals surface area (Å²) >= 11 is 0. The van der Waals surface area contributed by atoms with Gasteiger partial charge in [-0.1, -0.05) is 18.2 Å². The fraction of sp³-hybridized carbons (Fsp3) is 0.0833. The number of hydrogen-bond acceptors (Lipinski definition) is 1. The lowest BCUT2D eigenvalue weighted by Gasteiger charge is -1.92. The fourth-order valence-corrected chi connectivity index (χ4v) is 1.47. The van der Waals surface area contributed by atoms with Crippen LogP contribution < -0.4 is 0 Å². The van der Waals surface area contributed by atoms with Crippen molar-refractivity contribution in [1.82, 2.24) is 4.57 Å². The van der Waals surface area contributed by atoms with Gasteiger partial charge in [-0.3, -0.25) is 4.79 Å². The summed E-state index contributed by atoms with van der Waals surface area (Å²) in [5, 5.41) is 1.02. The predicted octanol–water partition coefficient (Wildman–Crippen LogP) is 2.79. The molecule has 1 heterocycles. The summed E-state index contributed by atoms with van der Waals surface area (Å²) in [6.07, 6.45) is 2.74. The van der Waals surface area contributed by atoms with Crippen LogP contribution in [0.25, 0.3) is 10.9 Å². The molecule has 14 heavy (non-hydrogen) atoms. The van der Waals surface area contributed by atoms with Gasteiger partial charge in [0, 0.05) is 29.7 Å². The molecule has 0 unspecified atom stereocenters. The van der Waals surface area contributed by atoms with Crippen molar-refractivity contribution in [3.05, 3.63) is 49.2 Å². The van der Waals surface area contributed by atoms with Gasteiger partial charge < -0.3 is 4.57 Å². The summed E-state index contributed by atoms with van der Waals surface area (Å²) in [5.41, 5.74) is 1.85. The first-order chi connectivity index (χ1) is 6.83. The molecule has 0 aliphatic rings. The Balaban J connectivity index is 0.000000461. The number of carbonyl (C=O) groups excluding carboxylic acids is 1. The molecule has 0 atom stereocenters. The summed E-state index contributed by atoms with van der Waals surface area (Å²) in [6, 6.07) is 7.87. The monoisotopic (exact) mass is 187 g/mol. The van der Waals surface area contributed by atoms with Crippen molar-refractivity contribution in [2.24, 2.45) is 7.05 Å². The first kappa shape index (κ1) is 10.3. The number of aryl methyl sites for hydroxylation is 1. The molecular weight excluding hydrogens is 174 g/mol. The van der Waals surface area contributed by atoms with Crippen molar-refractivity contribution < 1.29 is 4.79 Å². The lowest BCUT2D eigenvalue weighted by molar-refractivity contribution is 0.112. The van der Waals surface area contributed by atoms with Gasteiger partial charge in [0.15, 0.2) is 6.29 Å². The number of nitrogens with zero attached hydrogens (tertiary/aromatic N) is 1. The number of aldehydes is 1. The number of aromatic nitrogens is 1. The van der Waals surface area contributed by atoms with E-state index in [-0.39, 0.29) is 0 Å². The third-order valence-electron chi connectivity index (χ3n) is 2.05. The van der Waals surface area contributed by atoms with Crippen LogP contribution in [0.2, 0.25) is 0 Å². The number of para-hydroxylation sites is 1. The predicted molar refractivity (Wildman–Crippen MR) is 59.6 cm³/mol. The minimum Gasteiger partial charge on any atom is -0.350 e. The van der Waals surface area contributed by atoms with Gasteiger partial charge >= 0.3 is 0 Å². The van der Waals surface area contributed by atoms with Gasteiger partial charge in [-0.05, 0) is 6.07 Å². The highest BCUT2D eigenvalue weighted by molar-refractivity contribution is 5.97. The Morgan fingerprint density at radius 3 is 2.57 bits per heavy atom. The summed E-state index contributed by atoms with van der Waals surface area (Å²) in [4.78, 5) is 10.6. The average Bonchev–Trinajstić information content (AvgIpc) is 2.59. The van der Waals surface area contributed by atoms with E-state index in [2.05, 4.69) is 13.2 Å². The largest absolute Gasteiger partial charge is 0.350 e. The normalized spacial score (nSPS) is 9.21. The molecule has 0 saturated carbocycles. The number of benzene rings is 1. The Morgan fingerprint density at radius 2 is 1.93 bits per heavy atom. The summed E-state index contributed by atoms with van der Waals surface area (Å²) in [5.74, 6) is 0. The van der Waals surface area contributed by atoms with Crippen molar-refractivity contribution in [2.45, 2.75) is 0 Å². The van der Waals surface area contributed by atoms with E-state index in [4.69, 9.17) is 0 Å². The molecule has 1 aromatic heterocycles. The maximum atomic E-state index is 10.6. The number of rotatable bonds is 1. The van der Waals surface area contributed by atoms with Crippen molar-refractivity contribution >= 4 is 17.2 Å². The molecule has 0 aliphatic heterocycles. The Kier molecular flexibility index (Phi) is 3.24. The molecule has 0 fully saturated rings. The lowest BCUT2D eigenvalue weighted by atomic mass is 10.2. The van der Waals surface area contributed by atoms with Crippen molar-refractivity contribution in [3.63, 3.8) is 0 Å². The van der Waals surface area contributed by atoms with Crippen LogP contribution in [-0.4, -0.2) is 10.9 Å². The van der Waals surface area contributed by atoms with Gasteiger partial charge in [0.1, 0.15) is 0 Å². The lowest BCUT2D eigenvalue weighted by Crippen LogP contribution is -1.81. The SMILES string of the molecule is C=C.Cn1cc(C=O)c2ccccc21. The third kappa shape index (κ3) is 1.59. The number of carbonyl (C=O) groups is 1. The topological polar surface area (TPSA) is 22.0 Å². The summed E-state index contributed by atoms with van der Waals surface area (Å²) in [7, 11) is 1.94. The molecule has 0 spiro atoms. The third-order valence-corrected chi connectivity index (χ3v) is 2.05. The van der Waals surface area contributed by atoms with Gasteiger partial charge in [0.25, 0.3) is 0 Å². The van der Waals surface area contributed by atoms with E-state index >= 15 is 0 Å². The van der Waals surface area contributed by atoms with Crippen molar-refractivity contribution in [3.8, 4) is 0 Å². The van der Waals surface area contributed by atoms with Crippen LogP contribution in [0.3, 0.4) is 0 Å². The fourth-order valence-electron chi connectivity index (χ4n) is 1.47. The molecule has 0 radical (unpaired) electrons. The second kappa shape index (κ2) is 4.42. The van der Waals surface area contributed by atoms with E-state index in [1.165, 1.54) is 0 Å². The average molecular weight is 187 g/mol. The van der Waals surface area contributed by atoms with E-state index in [1.807, 2.05) is 42.1 Å². The molecule has 0 N–H and O–H groups in total. The molecule has 0 saturated heterocycles. The van der Waals surface area contributed by atoms with E-state index in [9.17, 15) is 4.79 Å². The number of fused-ring (bicyclic) bond motifs is 1. The van der Waals surface area contributed by atoms with Crippen LogP contribution in [-0.2, 0) is 7.05 Å². The molecule has 2 nitrogen and oxygen atoms in total. The Hall–Kier alpha value is -1.83. The zero-order chi connectivity index (χ0) is 10.6. The van der Waals surface area contributed by atoms with Gasteiger partial charge in [-0.2, -0.15) is 0 Å². The maximum Gasteiger partial charge on any atom is 0.152 e. The molecule has 0 aliphatic carbocycles. The molecular formula is C12H13NO. The highest BCUT2D eigenvalue weighted by atomic mass is 16.1. The summed E-state index contributed by atoms with van der Waals surface area (Å²) in [6.45, 7) is 6.00. The van der Waals surface area contributed by atoms with Gasteiger partial charge in [0.05, 0.1) is 0 Å². The van der Waals surface area contributed by atoms with E-state index in [0.717, 1.165) is 22.8 Å². The molecule has 2 rings (SSSR count). The highest BCUT2D eigenvalue weighted by Gasteiger charge is 2.02. The number of hydrogen-bond donors (Lipinski definition) is 0. The van der Waals surface area contributed by atoms with Gasteiger partial charge in [-0.25, -0.2) is 0 Å².